The highest BCUT2D eigenvalue weighted by Gasteiger charge is 2.27. The number of imidazole rings is 1. The Kier molecular flexibility index (Phi) is 8.63. The first-order valence-electron chi connectivity index (χ1n) is 13.5. The number of amides is 1. The van der Waals surface area contributed by atoms with Crippen molar-refractivity contribution in [2.45, 2.75) is 51.9 Å². The largest absolute Gasteiger partial charge is 0.492 e. The minimum Gasteiger partial charge on any atom is -0.492 e. The summed E-state index contributed by atoms with van der Waals surface area (Å²) in [4.78, 5) is 30.1. The van der Waals surface area contributed by atoms with Gasteiger partial charge in [0.2, 0.25) is 0 Å². The minimum atomic E-state index is -0.657. The van der Waals surface area contributed by atoms with E-state index in [-0.39, 0.29) is 17.7 Å². The lowest BCUT2D eigenvalue weighted by atomic mass is 9.96. The van der Waals surface area contributed by atoms with Crippen LogP contribution >= 0.6 is 11.6 Å². The number of aryl methyl sites for hydroxylation is 1. The van der Waals surface area contributed by atoms with Crippen molar-refractivity contribution in [3.05, 3.63) is 118 Å². The number of carbonyl (C=O) groups excluding carboxylic acids is 2. The van der Waals surface area contributed by atoms with Crippen molar-refractivity contribution in [3.63, 3.8) is 0 Å². The maximum atomic E-state index is 13.4. The fourth-order valence-corrected chi connectivity index (χ4v) is 5.09. The third kappa shape index (κ3) is 6.61. The summed E-state index contributed by atoms with van der Waals surface area (Å²) in [7, 11) is 0. The standard InChI is InChI=1S/C32H33ClN4O3/c1-21-6-8-24(9-7-21)19-37-20-34-17-26(37)18-35-29-14-15-40-31-27(29)4-3-5-28(31)32(39)36-30(22(2)38)16-23-10-12-25(33)13-11-23/h3-13,17,20,29-30,35H,14-16,18-19H2,1-2H3,(H,36,39). The molecule has 5 rings (SSSR count). The molecule has 2 unspecified atom stereocenters. The monoisotopic (exact) mass is 556 g/mol. The molecule has 1 amide bonds. The molecular weight excluding hydrogens is 524 g/mol. The maximum Gasteiger partial charge on any atom is 0.255 e. The molecule has 40 heavy (non-hydrogen) atoms. The number of carbonyl (C=O) groups is 2. The average molecular weight is 557 g/mol. The molecule has 0 aliphatic carbocycles. The maximum absolute atomic E-state index is 13.4. The number of ether oxygens (including phenoxy) is 1. The number of nitrogens with zero attached hydrogens (tertiary/aromatic N) is 2. The van der Waals surface area contributed by atoms with E-state index >= 15 is 0 Å². The number of fused-ring (bicyclic) bond motifs is 1. The third-order valence-electron chi connectivity index (χ3n) is 7.27. The van der Waals surface area contributed by atoms with Crippen LogP contribution in [0.1, 0.15) is 57.7 Å². The van der Waals surface area contributed by atoms with Crippen LogP contribution in [0.4, 0.5) is 0 Å². The highest BCUT2D eigenvalue weighted by molar-refractivity contribution is 6.30. The van der Waals surface area contributed by atoms with Gasteiger partial charge in [-0.3, -0.25) is 9.59 Å². The summed E-state index contributed by atoms with van der Waals surface area (Å²) in [6, 6.07) is 20.7. The van der Waals surface area contributed by atoms with Gasteiger partial charge in [0.05, 0.1) is 30.2 Å². The molecule has 1 aliphatic heterocycles. The van der Waals surface area contributed by atoms with E-state index in [1.807, 2.05) is 36.8 Å². The molecule has 3 aromatic carbocycles. The number of nitrogens with one attached hydrogen (secondary N) is 2. The summed E-state index contributed by atoms with van der Waals surface area (Å²) in [6.07, 6.45) is 4.89. The number of rotatable bonds is 10. The third-order valence-corrected chi connectivity index (χ3v) is 7.52. The summed E-state index contributed by atoms with van der Waals surface area (Å²) in [5, 5.41) is 7.18. The lowest BCUT2D eigenvalue weighted by Crippen LogP contribution is -2.41. The Balaban J connectivity index is 1.27. The minimum absolute atomic E-state index is 0.0110. The van der Waals surface area contributed by atoms with Crippen molar-refractivity contribution in [2.75, 3.05) is 6.61 Å². The van der Waals surface area contributed by atoms with Gasteiger partial charge < -0.3 is 19.9 Å². The van der Waals surface area contributed by atoms with Gasteiger partial charge in [-0.05, 0) is 49.6 Å². The number of hydrogen-bond acceptors (Lipinski definition) is 5. The number of hydrogen-bond donors (Lipinski definition) is 2. The van der Waals surface area contributed by atoms with Gasteiger partial charge in [-0.25, -0.2) is 4.98 Å². The summed E-state index contributed by atoms with van der Waals surface area (Å²) >= 11 is 5.99. The Labute approximate surface area is 239 Å². The fraction of sp³-hybridized carbons (Fsp3) is 0.281. The molecule has 1 aliphatic rings. The molecule has 4 aromatic rings. The van der Waals surface area contributed by atoms with E-state index in [2.05, 4.69) is 51.4 Å². The number of para-hydroxylation sites is 1. The number of aromatic nitrogens is 2. The molecule has 0 fully saturated rings. The van der Waals surface area contributed by atoms with E-state index < -0.39 is 6.04 Å². The van der Waals surface area contributed by atoms with Crippen LogP contribution in [0, 0.1) is 6.92 Å². The lowest BCUT2D eigenvalue weighted by Gasteiger charge is -2.28. The van der Waals surface area contributed by atoms with Gasteiger partial charge in [-0.2, -0.15) is 0 Å². The van der Waals surface area contributed by atoms with Crippen molar-refractivity contribution >= 4 is 23.3 Å². The van der Waals surface area contributed by atoms with Crippen LogP contribution in [0.15, 0.2) is 79.3 Å². The Bertz CT molecular complexity index is 1480. The summed E-state index contributed by atoms with van der Waals surface area (Å²) in [5.74, 6) is 0.115. The zero-order chi connectivity index (χ0) is 28.1. The van der Waals surface area contributed by atoms with Crippen LogP contribution in [0.2, 0.25) is 5.02 Å². The van der Waals surface area contributed by atoms with Crippen LogP contribution in [0.25, 0.3) is 0 Å². The van der Waals surface area contributed by atoms with E-state index in [1.165, 1.54) is 18.1 Å². The molecule has 206 valence electrons. The van der Waals surface area contributed by atoms with Gasteiger partial charge in [0.25, 0.3) is 5.91 Å². The lowest BCUT2D eigenvalue weighted by molar-refractivity contribution is -0.118. The Morgan fingerprint density at radius 3 is 2.58 bits per heavy atom. The molecule has 2 N–H and O–H groups in total. The molecule has 8 heteroatoms. The molecule has 0 spiro atoms. The number of benzene rings is 3. The topological polar surface area (TPSA) is 85.2 Å². The first kappa shape index (κ1) is 27.6. The zero-order valence-electron chi connectivity index (χ0n) is 22.7. The van der Waals surface area contributed by atoms with Crippen molar-refractivity contribution in [2.24, 2.45) is 0 Å². The highest BCUT2D eigenvalue weighted by Crippen LogP contribution is 2.35. The van der Waals surface area contributed by atoms with E-state index in [9.17, 15) is 9.59 Å². The first-order valence-corrected chi connectivity index (χ1v) is 13.8. The Morgan fingerprint density at radius 1 is 1.07 bits per heavy atom. The summed E-state index contributed by atoms with van der Waals surface area (Å²) in [5.41, 5.74) is 5.81. The number of Topliss-reactive ketones (excluding diaryl/α,β-unsaturated/α-hetero) is 1. The molecule has 7 nitrogen and oxygen atoms in total. The second-order valence-electron chi connectivity index (χ2n) is 10.3. The smallest absolute Gasteiger partial charge is 0.255 e. The molecule has 0 saturated heterocycles. The van der Waals surface area contributed by atoms with Crippen molar-refractivity contribution in [1.29, 1.82) is 0 Å². The first-order chi connectivity index (χ1) is 19.4. The highest BCUT2D eigenvalue weighted by atomic mass is 35.5. The van der Waals surface area contributed by atoms with Gasteiger partial charge in [0.15, 0.2) is 5.78 Å². The number of ketones is 1. The van der Waals surface area contributed by atoms with Crippen molar-refractivity contribution in [3.8, 4) is 5.75 Å². The van der Waals surface area contributed by atoms with E-state index in [1.54, 1.807) is 18.2 Å². The van der Waals surface area contributed by atoms with Gasteiger partial charge >= 0.3 is 0 Å². The molecular formula is C32H33ClN4O3. The van der Waals surface area contributed by atoms with E-state index in [0.29, 0.717) is 35.9 Å². The van der Waals surface area contributed by atoms with E-state index in [4.69, 9.17) is 16.3 Å². The van der Waals surface area contributed by atoms with Gasteiger partial charge in [-0.15, -0.1) is 0 Å². The van der Waals surface area contributed by atoms with E-state index in [0.717, 1.165) is 29.8 Å². The fourth-order valence-electron chi connectivity index (χ4n) is 4.96. The summed E-state index contributed by atoms with van der Waals surface area (Å²) in [6.45, 7) is 5.43. The molecule has 1 aromatic heterocycles. The van der Waals surface area contributed by atoms with Crippen LogP contribution < -0.4 is 15.4 Å². The number of halogens is 1. The molecule has 0 bridgehead atoms. The molecule has 0 radical (unpaired) electrons. The zero-order valence-corrected chi connectivity index (χ0v) is 23.4. The van der Waals surface area contributed by atoms with Crippen LogP contribution in [0.3, 0.4) is 0 Å². The second kappa shape index (κ2) is 12.5. The van der Waals surface area contributed by atoms with Gasteiger partial charge in [0.1, 0.15) is 5.75 Å². The van der Waals surface area contributed by atoms with Crippen molar-refractivity contribution in [1.82, 2.24) is 20.2 Å². The average Bonchev–Trinajstić information content (AvgIpc) is 3.40. The Hall–Kier alpha value is -3.94. The van der Waals surface area contributed by atoms with Crippen LogP contribution in [0.5, 0.6) is 5.75 Å². The van der Waals surface area contributed by atoms with Crippen LogP contribution in [-0.2, 0) is 24.3 Å². The predicted molar refractivity (Wildman–Crippen MR) is 156 cm³/mol. The van der Waals surface area contributed by atoms with Gasteiger partial charge in [-0.1, -0.05) is 65.7 Å². The van der Waals surface area contributed by atoms with Crippen molar-refractivity contribution < 1.29 is 14.3 Å². The quantitative estimate of drug-likeness (QED) is 0.272. The normalized spacial score (nSPS) is 15.1. The SMILES string of the molecule is CC(=O)C(Cc1ccc(Cl)cc1)NC(=O)c1cccc2c1OCCC2NCc1cncn1Cc1ccc(C)cc1. The molecule has 2 heterocycles. The molecule has 2 atom stereocenters. The predicted octanol–water partition coefficient (Wildman–Crippen LogP) is 5.44. The second-order valence-corrected chi connectivity index (χ2v) is 10.7. The Morgan fingerprint density at radius 2 is 1.82 bits per heavy atom. The van der Waals surface area contributed by atoms with Gasteiger partial charge in [0, 0.05) is 42.3 Å². The summed E-state index contributed by atoms with van der Waals surface area (Å²) < 4.78 is 8.15. The molecule has 0 saturated carbocycles. The van der Waals surface area contributed by atoms with Crippen LogP contribution in [-0.4, -0.2) is 33.9 Å².